The van der Waals surface area contributed by atoms with E-state index in [0.717, 1.165) is 0 Å². The summed E-state index contributed by atoms with van der Waals surface area (Å²) in [6.07, 6.45) is 1.29. The molecule has 1 saturated heterocycles. The summed E-state index contributed by atoms with van der Waals surface area (Å²) in [6, 6.07) is 7.16. The third-order valence-corrected chi connectivity index (χ3v) is 3.68. The molecule has 0 aromatic heterocycles. The molecule has 0 bridgehead atoms. The van der Waals surface area contributed by atoms with Crippen LogP contribution in [0, 0.1) is 10.5 Å². The predicted octanol–water partition coefficient (Wildman–Crippen LogP) is 2.63. The Morgan fingerprint density at radius 3 is 2.83 bits per heavy atom. The molecule has 1 aromatic rings. The van der Waals surface area contributed by atoms with E-state index in [1.54, 1.807) is 0 Å². The van der Waals surface area contributed by atoms with Crippen LogP contribution < -0.4 is 5.32 Å². The second-order valence-electron chi connectivity index (χ2n) is 3.25. The number of hydrogen-bond donors (Lipinski definition) is 1. The van der Waals surface area contributed by atoms with Gasteiger partial charge in [0.2, 0.25) is 0 Å². The SMILES string of the molecule is Cc1c(I)cccc1C1CCN1. The Hall–Kier alpha value is -0.0900. The molecule has 1 nitrogen and oxygen atoms in total. The molecule has 0 spiro atoms. The zero-order valence-corrected chi connectivity index (χ0v) is 9.26. The van der Waals surface area contributed by atoms with Crippen molar-refractivity contribution >= 4 is 22.6 Å². The summed E-state index contributed by atoms with van der Waals surface area (Å²) in [5.74, 6) is 0. The fourth-order valence-electron chi connectivity index (χ4n) is 1.56. The first-order valence-corrected chi connectivity index (χ1v) is 5.35. The molecule has 0 saturated carbocycles. The van der Waals surface area contributed by atoms with Gasteiger partial charge in [-0.25, -0.2) is 0 Å². The molecule has 1 atom stereocenters. The third-order valence-electron chi connectivity index (χ3n) is 2.51. The molecule has 2 rings (SSSR count). The van der Waals surface area contributed by atoms with Crippen molar-refractivity contribution in [2.75, 3.05) is 6.54 Å². The fraction of sp³-hybridized carbons (Fsp3) is 0.400. The number of halogens is 1. The smallest absolute Gasteiger partial charge is 0.0335 e. The van der Waals surface area contributed by atoms with Gasteiger partial charge in [-0.1, -0.05) is 12.1 Å². The van der Waals surface area contributed by atoms with E-state index in [2.05, 4.69) is 53.0 Å². The second-order valence-corrected chi connectivity index (χ2v) is 4.41. The minimum atomic E-state index is 0.625. The Kier molecular flexibility index (Phi) is 2.37. The first-order valence-electron chi connectivity index (χ1n) is 4.27. The van der Waals surface area contributed by atoms with Crippen LogP contribution in [-0.2, 0) is 0 Å². The summed E-state index contributed by atoms with van der Waals surface area (Å²) in [5.41, 5.74) is 2.92. The lowest BCUT2D eigenvalue weighted by Crippen LogP contribution is -2.35. The van der Waals surface area contributed by atoms with Crippen molar-refractivity contribution in [1.82, 2.24) is 5.32 Å². The second kappa shape index (κ2) is 3.34. The van der Waals surface area contributed by atoms with Gasteiger partial charge in [0.25, 0.3) is 0 Å². The van der Waals surface area contributed by atoms with Crippen molar-refractivity contribution in [3.8, 4) is 0 Å². The van der Waals surface area contributed by atoms with E-state index in [9.17, 15) is 0 Å². The number of benzene rings is 1. The maximum absolute atomic E-state index is 3.43. The molecule has 0 amide bonds. The van der Waals surface area contributed by atoms with Crippen LogP contribution in [0.3, 0.4) is 0 Å². The van der Waals surface area contributed by atoms with Gasteiger partial charge in [0, 0.05) is 9.61 Å². The molecule has 1 fully saturated rings. The van der Waals surface area contributed by atoms with Crippen LogP contribution in [0.25, 0.3) is 0 Å². The molecule has 1 heterocycles. The van der Waals surface area contributed by atoms with E-state index in [4.69, 9.17) is 0 Å². The summed E-state index contributed by atoms with van der Waals surface area (Å²) in [5, 5.41) is 3.43. The molecular formula is C10H12IN. The summed E-state index contributed by atoms with van der Waals surface area (Å²) < 4.78 is 1.37. The quantitative estimate of drug-likeness (QED) is 0.776. The van der Waals surface area contributed by atoms with E-state index in [0.29, 0.717) is 6.04 Å². The maximum Gasteiger partial charge on any atom is 0.0335 e. The average Bonchev–Trinajstić information content (AvgIpc) is 1.95. The zero-order valence-electron chi connectivity index (χ0n) is 7.10. The summed E-state index contributed by atoms with van der Waals surface area (Å²) in [6.45, 7) is 3.38. The van der Waals surface area contributed by atoms with Gasteiger partial charge in [0.1, 0.15) is 0 Å². The van der Waals surface area contributed by atoms with Gasteiger partial charge in [-0.05, 0) is 59.7 Å². The molecule has 2 heteroatoms. The molecule has 1 N–H and O–H groups in total. The summed E-state index contributed by atoms with van der Waals surface area (Å²) in [7, 11) is 0. The fourth-order valence-corrected chi connectivity index (χ4v) is 2.07. The summed E-state index contributed by atoms with van der Waals surface area (Å²) >= 11 is 2.40. The van der Waals surface area contributed by atoms with E-state index < -0.39 is 0 Å². The van der Waals surface area contributed by atoms with Gasteiger partial charge in [-0.15, -0.1) is 0 Å². The Morgan fingerprint density at radius 2 is 2.25 bits per heavy atom. The maximum atomic E-state index is 3.43. The molecule has 1 unspecified atom stereocenters. The molecule has 12 heavy (non-hydrogen) atoms. The van der Waals surface area contributed by atoms with Gasteiger partial charge in [-0.3, -0.25) is 0 Å². The van der Waals surface area contributed by atoms with Crippen LogP contribution in [0.2, 0.25) is 0 Å². The molecule has 0 aliphatic carbocycles. The Balaban J connectivity index is 2.36. The molecular weight excluding hydrogens is 261 g/mol. The highest BCUT2D eigenvalue weighted by Gasteiger charge is 2.20. The lowest BCUT2D eigenvalue weighted by atomic mass is 9.94. The van der Waals surface area contributed by atoms with Gasteiger partial charge in [0.15, 0.2) is 0 Å². The third kappa shape index (κ3) is 1.38. The van der Waals surface area contributed by atoms with Gasteiger partial charge in [-0.2, -0.15) is 0 Å². The van der Waals surface area contributed by atoms with Gasteiger partial charge in [0.05, 0.1) is 0 Å². The number of hydrogen-bond acceptors (Lipinski definition) is 1. The van der Waals surface area contributed by atoms with Crippen LogP contribution in [-0.4, -0.2) is 6.54 Å². The van der Waals surface area contributed by atoms with E-state index in [1.165, 1.54) is 27.7 Å². The van der Waals surface area contributed by atoms with Gasteiger partial charge < -0.3 is 5.32 Å². The molecule has 1 aliphatic heterocycles. The monoisotopic (exact) mass is 273 g/mol. The highest BCUT2D eigenvalue weighted by atomic mass is 127. The minimum absolute atomic E-state index is 0.625. The normalized spacial score (nSPS) is 22.0. The van der Waals surface area contributed by atoms with Crippen molar-refractivity contribution in [2.24, 2.45) is 0 Å². The first kappa shape index (κ1) is 8.51. The molecule has 1 aliphatic rings. The van der Waals surface area contributed by atoms with Crippen LogP contribution in [0.5, 0.6) is 0 Å². The van der Waals surface area contributed by atoms with E-state index in [-0.39, 0.29) is 0 Å². The average molecular weight is 273 g/mol. The van der Waals surface area contributed by atoms with E-state index in [1.807, 2.05) is 0 Å². The van der Waals surface area contributed by atoms with Crippen molar-refractivity contribution < 1.29 is 0 Å². The van der Waals surface area contributed by atoms with Crippen molar-refractivity contribution in [3.63, 3.8) is 0 Å². The number of rotatable bonds is 1. The van der Waals surface area contributed by atoms with Gasteiger partial charge >= 0.3 is 0 Å². The molecule has 64 valence electrons. The lowest BCUT2D eigenvalue weighted by molar-refractivity contribution is 0.382. The van der Waals surface area contributed by atoms with Crippen LogP contribution in [0.1, 0.15) is 23.6 Å². The molecule has 0 radical (unpaired) electrons. The zero-order chi connectivity index (χ0) is 8.55. The summed E-state index contributed by atoms with van der Waals surface area (Å²) in [4.78, 5) is 0. The standard InChI is InChI=1S/C10H12IN/c1-7-8(10-5-6-12-10)3-2-4-9(7)11/h2-4,10,12H,5-6H2,1H3. The minimum Gasteiger partial charge on any atom is -0.310 e. The van der Waals surface area contributed by atoms with Crippen LogP contribution in [0.4, 0.5) is 0 Å². The topological polar surface area (TPSA) is 12.0 Å². The van der Waals surface area contributed by atoms with Crippen molar-refractivity contribution in [1.29, 1.82) is 0 Å². The largest absolute Gasteiger partial charge is 0.310 e. The lowest BCUT2D eigenvalue weighted by Gasteiger charge is -2.29. The Morgan fingerprint density at radius 1 is 1.50 bits per heavy atom. The van der Waals surface area contributed by atoms with E-state index >= 15 is 0 Å². The van der Waals surface area contributed by atoms with Crippen molar-refractivity contribution in [3.05, 3.63) is 32.9 Å². The van der Waals surface area contributed by atoms with Crippen molar-refractivity contribution in [2.45, 2.75) is 19.4 Å². The van der Waals surface area contributed by atoms with Crippen LogP contribution >= 0.6 is 22.6 Å². The first-order chi connectivity index (χ1) is 5.79. The Bertz CT molecular complexity index is 292. The highest BCUT2D eigenvalue weighted by molar-refractivity contribution is 14.1. The highest BCUT2D eigenvalue weighted by Crippen LogP contribution is 2.27. The predicted molar refractivity (Wildman–Crippen MR) is 59.3 cm³/mol. The Labute approximate surface area is 86.7 Å². The van der Waals surface area contributed by atoms with Crippen LogP contribution in [0.15, 0.2) is 18.2 Å². The number of nitrogens with one attached hydrogen (secondary N) is 1. The molecule has 1 aromatic carbocycles.